The number of carbonyl (C=O) groups is 3. The quantitative estimate of drug-likeness (QED) is 0.775. The van der Waals surface area contributed by atoms with Crippen LogP contribution in [0.25, 0.3) is 0 Å². The molecule has 0 aliphatic carbocycles. The van der Waals surface area contributed by atoms with Crippen molar-refractivity contribution in [1.82, 2.24) is 5.32 Å². The molecule has 0 saturated heterocycles. The number of hydrogen-bond acceptors (Lipinski definition) is 4. The average molecular weight is 354 g/mol. The first kappa shape index (κ1) is 19.2. The highest BCUT2D eigenvalue weighted by Crippen LogP contribution is 2.21. The number of nitrogens with zero attached hydrogens (tertiary/aromatic N) is 1. The standard InChI is InChI=1S/C20H22N2O4/c1-3-26-20(25)17-11-7-8-12-18(17)22(15(2)23)14-19(24)21-13-16-9-5-4-6-10-16/h4-12H,3,13-14H2,1-2H3,(H,21,24). The summed E-state index contributed by atoms with van der Waals surface area (Å²) in [5, 5.41) is 2.78. The molecule has 0 saturated carbocycles. The summed E-state index contributed by atoms with van der Waals surface area (Å²) in [6, 6.07) is 16.1. The van der Waals surface area contributed by atoms with Crippen molar-refractivity contribution in [3.05, 3.63) is 65.7 Å². The highest BCUT2D eigenvalue weighted by molar-refractivity contribution is 6.04. The maximum atomic E-state index is 12.3. The van der Waals surface area contributed by atoms with E-state index in [2.05, 4.69) is 5.32 Å². The summed E-state index contributed by atoms with van der Waals surface area (Å²) < 4.78 is 5.03. The second-order valence-electron chi connectivity index (χ2n) is 5.61. The van der Waals surface area contributed by atoms with Crippen molar-refractivity contribution in [2.45, 2.75) is 20.4 Å². The number of carbonyl (C=O) groups excluding carboxylic acids is 3. The van der Waals surface area contributed by atoms with Crippen molar-refractivity contribution in [2.75, 3.05) is 18.1 Å². The van der Waals surface area contributed by atoms with Crippen LogP contribution in [0, 0.1) is 0 Å². The number of nitrogens with one attached hydrogen (secondary N) is 1. The van der Waals surface area contributed by atoms with Crippen LogP contribution in [-0.2, 0) is 20.9 Å². The first-order chi connectivity index (χ1) is 12.5. The van der Waals surface area contributed by atoms with E-state index in [1.54, 1.807) is 31.2 Å². The van der Waals surface area contributed by atoms with Crippen molar-refractivity contribution in [3.8, 4) is 0 Å². The van der Waals surface area contributed by atoms with Gasteiger partial charge in [0.15, 0.2) is 0 Å². The van der Waals surface area contributed by atoms with Gasteiger partial charge in [-0.1, -0.05) is 42.5 Å². The molecular formula is C20H22N2O4. The lowest BCUT2D eigenvalue weighted by Gasteiger charge is -2.23. The highest BCUT2D eigenvalue weighted by Gasteiger charge is 2.22. The minimum absolute atomic E-state index is 0.182. The largest absolute Gasteiger partial charge is 0.462 e. The van der Waals surface area contributed by atoms with Gasteiger partial charge in [-0.05, 0) is 24.6 Å². The van der Waals surface area contributed by atoms with Gasteiger partial charge in [-0.2, -0.15) is 0 Å². The number of rotatable bonds is 7. The third-order valence-electron chi connectivity index (χ3n) is 3.70. The summed E-state index contributed by atoms with van der Waals surface area (Å²) in [5.74, 6) is -1.18. The molecule has 0 atom stereocenters. The van der Waals surface area contributed by atoms with Crippen molar-refractivity contribution in [3.63, 3.8) is 0 Å². The summed E-state index contributed by atoms with van der Waals surface area (Å²) in [6.07, 6.45) is 0. The zero-order chi connectivity index (χ0) is 18.9. The van der Waals surface area contributed by atoms with Crippen LogP contribution in [0.4, 0.5) is 5.69 Å². The summed E-state index contributed by atoms with van der Waals surface area (Å²) in [5.41, 5.74) is 1.57. The Kier molecular flexibility index (Phi) is 6.91. The highest BCUT2D eigenvalue weighted by atomic mass is 16.5. The average Bonchev–Trinajstić information content (AvgIpc) is 2.65. The topological polar surface area (TPSA) is 75.7 Å². The molecule has 136 valence electrons. The van der Waals surface area contributed by atoms with Gasteiger partial charge >= 0.3 is 5.97 Å². The lowest BCUT2D eigenvalue weighted by molar-refractivity contribution is -0.123. The van der Waals surface area contributed by atoms with Crippen LogP contribution in [0.5, 0.6) is 0 Å². The summed E-state index contributed by atoms with van der Waals surface area (Å²) in [7, 11) is 0. The maximum Gasteiger partial charge on any atom is 0.340 e. The predicted octanol–water partition coefficient (Wildman–Crippen LogP) is 2.53. The van der Waals surface area contributed by atoms with E-state index in [0.29, 0.717) is 12.2 Å². The molecule has 0 radical (unpaired) electrons. The smallest absolute Gasteiger partial charge is 0.340 e. The Morgan fingerprint density at radius 1 is 1.00 bits per heavy atom. The van der Waals surface area contributed by atoms with Gasteiger partial charge in [0.1, 0.15) is 6.54 Å². The van der Waals surface area contributed by atoms with Gasteiger partial charge in [0, 0.05) is 13.5 Å². The van der Waals surface area contributed by atoms with Crippen LogP contribution in [0.3, 0.4) is 0 Å². The van der Waals surface area contributed by atoms with Gasteiger partial charge in [0.05, 0.1) is 17.9 Å². The molecule has 2 aromatic carbocycles. The van der Waals surface area contributed by atoms with Crippen LogP contribution in [0.2, 0.25) is 0 Å². The number of ether oxygens (including phenoxy) is 1. The number of esters is 1. The molecule has 0 aliphatic rings. The minimum Gasteiger partial charge on any atom is -0.462 e. The Morgan fingerprint density at radius 3 is 2.31 bits per heavy atom. The molecule has 0 bridgehead atoms. The van der Waals surface area contributed by atoms with E-state index in [4.69, 9.17) is 4.74 Å². The van der Waals surface area contributed by atoms with Crippen LogP contribution in [0.15, 0.2) is 54.6 Å². The molecule has 2 amide bonds. The SMILES string of the molecule is CCOC(=O)c1ccccc1N(CC(=O)NCc1ccccc1)C(C)=O. The third-order valence-corrected chi connectivity index (χ3v) is 3.70. The first-order valence-corrected chi connectivity index (χ1v) is 8.37. The Morgan fingerprint density at radius 2 is 1.65 bits per heavy atom. The molecule has 0 spiro atoms. The number of amides is 2. The molecule has 0 aromatic heterocycles. The second kappa shape index (κ2) is 9.36. The predicted molar refractivity (Wildman–Crippen MR) is 98.7 cm³/mol. The van der Waals surface area contributed by atoms with Gasteiger partial charge in [-0.15, -0.1) is 0 Å². The fraction of sp³-hybridized carbons (Fsp3) is 0.250. The second-order valence-corrected chi connectivity index (χ2v) is 5.61. The molecule has 6 heteroatoms. The zero-order valence-corrected chi connectivity index (χ0v) is 14.9. The first-order valence-electron chi connectivity index (χ1n) is 8.37. The zero-order valence-electron chi connectivity index (χ0n) is 14.9. The van der Waals surface area contributed by atoms with E-state index in [-0.39, 0.29) is 30.5 Å². The van der Waals surface area contributed by atoms with E-state index in [0.717, 1.165) is 5.56 Å². The summed E-state index contributed by atoms with van der Waals surface area (Å²) in [6.45, 7) is 3.47. The minimum atomic E-state index is -0.529. The van der Waals surface area contributed by atoms with Crippen molar-refractivity contribution in [1.29, 1.82) is 0 Å². The van der Waals surface area contributed by atoms with E-state index >= 15 is 0 Å². The molecule has 1 N–H and O–H groups in total. The molecule has 2 aromatic rings. The summed E-state index contributed by atoms with van der Waals surface area (Å²) >= 11 is 0. The fourth-order valence-corrected chi connectivity index (χ4v) is 2.45. The Hall–Kier alpha value is -3.15. The Bertz CT molecular complexity index is 774. The molecular weight excluding hydrogens is 332 g/mol. The molecule has 0 unspecified atom stereocenters. The number of hydrogen-bond donors (Lipinski definition) is 1. The van der Waals surface area contributed by atoms with Gasteiger partial charge < -0.3 is 15.0 Å². The lowest BCUT2D eigenvalue weighted by Crippen LogP contribution is -2.40. The van der Waals surface area contributed by atoms with Crippen molar-refractivity contribution in [2.24, 2.45) is 0 Å². The van der Waals surface area contributed by atoms with E-state index in [1.807, 2.05) is 30.3 Å². The fourth-order valence-electron chi connectivity index (χ4n) is 2.45. The van der Waals surface area contributed by atoms with Crippen LogP contribution >= 0.6 is 0 Å². The van der Waals surface area contributed by atoms with Crippen molar-refractivity contribution >= 4 is 23.5 Å². The molecule has 0 heterocycles. The normalized spacial score (nSPS) is 10.1. The number of para-hydroxylation sites is 1. The monoisotopic (exact) mass is 354 g/mol. The third kappa shape index (κ3) is 5.17. The maximum absolute atomic E-state index is 12.3. The molecule has 6 nitrogen and oxygen atoms in total. The lowest BCUT2D eigenvalue weighted by atomic mass is 10.1. The van der Waals surface area contributed by atoms with E-state index in [9.17, 15) is 14.4 Å². The van der Waals surface area contributed by atoms with Gasteiger partial charge in [-0.3, -0.25) is 9.59 Å². The van der Waals surface area contributed by atoms with E-state index < -0.39 is 5.97 Å². The Labute approximate surface area is 152 Å². The molecule has 0 fully saturated rings. The number of anilines is 1. The van der Waals surface area contributed by atoms with Gasteiger partial charge in [0.25, 0.3) is 0 Å². The van der Waals surface area contributed by atoms with E-state index in [1.165, 1.54) is 11.8 Å². The molecule has 0 aliphatic heterocycles. The van der Waals surface area contributed by atoms with Crippen LogP contribution < -0.4 is 10.2 Å². The molecule has 2 rings (SSSR count). The van der Waals surface area contributed by atoms with Gasteiger partial charge in [-0.25, -0.2) is 4.79 Å². The van der Waals surface area contributed by atoms with Crippen molar-refractivity contribution < 1.29 is 19.1 Å². The number of benzene rings is 2. The van der Waals surface area contributed by atoms with Crippen LogP contribution in [-0.4, -0.2) is 30.9 Å². The summed E-state index contributed by atoms with van der Waals surface area (Å²) in [4.78, 5) is 37.8. The van der Waals surface area contributed by atoms with Crippen LogP contribution in [0.1, 0.15) is 29.8 Å². The Balaban J connectivity index is 2.13. The molecule has 26 heavy (non-hydrogen) atoms. The van der Waals surface area contributed by atoms with Gasteiger partial charge in [0.2, 0.25) is 11.8 Å².